The van der Waals surface area contributed by atoms with Gasteiger partial charge in [-0.05, 0) is 67.0 Å². The number of fused-ring (bicyclic) bond motifs is 1. The Morgan fingerprint density at radius 1 is 1.27 bits per heavy atom. The van der Waals surface area contributed by atoms with E-state index in [0.29, 0.717) is 5.75 Å². The Kier molecular flexibility index (Phi) is 6.51. The zero-order valence-electron chi connectivity index (χ0n) is 16.1. The number of alkyl halides is 3. The highest BCUT2D eigenvalue weighted by Crippen LogP contribution is 2.32. The first kappa shape index (κ1) is 22.7. The average molecular weight is 551 g/mol. The molecule has 2 aromatic heterocycles. The highest BCUT2D eigenvalue weighted by Gasteiger charge is 2.39. The first-order valence-corrected chi connectivity index (χ1v) is 11.0. The number of carbonyl (C=O) groups excluding carboxylic acids is 1. The number of hydrogen-bond acceptors (Lipinski definition) is 6. The summed E-state index contributed by atoms with van der Waals surface area (Å²) in [5.74, 6) is -1.26. The molecular weight excluding hydrogens is 534 g/mol. The third-order valence-electron chi connectivity index (χ3n) is 4.16. The highest BCUT2D eigenvalue weighted by molar-refractivity contribution is 14.1. The van der Waals surface area contributed by atoms with Crippen LogP contribution in [0.1, 0.15) is 25.3 Å². The second-order valence-electron chi connectivity index (χ2n) is 6.88. The van der Waals surface area contributed by atoms with Crippen molar-refractivity contribution in [2.24, 2.45) is 0 Å². The molecule has 3 rings (SSSR count). The van der Waals surface area contributed by atoms with Crippen LogP contribution in [0.3, 0.4) is 0 Å². The van der Waals surface area contributed by atoms with Crippen LogP contribution in [-0.4, -0.2) is 27.7 Å². The molecule has 1 atom stereocenters. The van der Waals surface area contributed by atoms with Crippen molar-refractivity contribution in [1.29, 1.82) is 0 Å². The number of thioether (sulfide) groups is 1. The van der Waals surface area contributed by atoms with Crippen molar-refractivity contribution in [1.82, 2.24) is 15.5 Å². The predicted molar refractivity (Wildman–Crippen MR) is 115 cm³/mol. The minimum Gasteiger partial charge on any atom is -0.470 e. The molecule has 0 aliphatic heterocycles. The summed E-state index contributed by atoms with van der Waals surface area (Å²) >= 11 is 3.31. The van der Waals surface area contributed by atoms with E-state index < -0.39 is 28.8 Å². The number of ether oxygens (including phenoxy) is 1. The summed E-state index contributed by atoms with van der Waals surface area (Å²) < 4.78 is 49.4. The molecule has 6 nitrogen and oxygen atoms in total. The number of carbonyl (C=O) groups is 1. The SMILES string of the molecule is CSC(Oc1ccc2ncc(I)cc2c1)C(=O)NC(C)(C)c1cc(C(F)(F)F)on1. The highest BCUT2D eigenvalue weighted by atomic mass is 127. The molecule has 0 spiro atoms. The number of nitrogens with one attached hydrogen (secondary N) is 1. The predicted octanol–water partition coefficient (Wildman–Crippen LogP) is 4.97. The summed E-state index contributed by atoms with van der Waals surface area (Å²) in [5.41, 5.74) is -1.38. The number of rotatable bonds is 6. The van der Waals surface area contributed by atoms with Gasteiger partial charge in [0.2, 0.25) is 11.2 Å². The quantitative estimate of drug-likeness (QED) is 0.345. The van der Waals surface area contributed by atoms with Crippen molar-refractivity contribution < 1.29 is 27.2 Å². The number of nitrogens with zero attached hydrogens (tertiary/aromatic N) is 2. The van der Waals surface area contributed by atoms with Gasteiger partial charge in [0.25, 0.3) is 5.91 Å². The molecule has 1 unspecified atom stereocenters. The van der Waals surface area contributed by atoms with E-state index in [4.69, 9.17) is 4.74 Å². The van der Waals surface area contributed by atoms with Crippen LogP contribution in [0.5, 0.6) is 5.75 Å². The minimum atomic E-state index is -4.65. The van der Waals surface area contributed by atoms with Gasteiger partial charge in [-0.15, -0.1) is 11.8 Å². The Labute approximate surface area is 188 Å². The number of halogens is 4. The summed E-state index contributed by atoms with van der Waals surface area (Å²) in [6, 6.07) is 7.98. The largest absolute Gasteiger partial charge is 0.470 e. The molecule has 1 aromatic carbocycles. The normalized spacial score (nSPS) is 13.3. The van der Waals surface area contributed by atoms with Crippen LogP contribution >= 0.6 is 34.4 Å². The zero-order valence-corrected chi connectivity index (χ0v) is 19.1. The summed E-state index contributed by atoms with van der Waals surface area (Å²) in [6.45, 7) is 3.06. The molecule has 3 aromatic rings. The van der Waals surface area contributed by atoms with Crippen LogP contribution in [0.4, 0.5) is 13.2 Å². The van der Waals surface area contributed by atoms with Crippen molar-refractivity contribution >= 4 is 51.2 Å². The van der Waals surface area contributed by atoms with Gasteiger partial charge in [-0.3, -0.25) is 9.78 Å². The Morgan fingerprint density at radius 3 is 2.63 bits per heavy atom. The van der Waals surface area contributed by atoms with Crippen LogP contribution in [0, 0.1) is 3.57 Å². The van der Waals surface area contributed by atoms with E-state index in [0.717, 1.165) is 32.3 Å². The Balaban J connectivity index is 1.75. The van der Waals surface area contributed by atoms with Crippen molar-refractivity contribution in [2.45, 2.75) is 31.0 Å². The zero-order chi connectivity index (χ0) is 22.1. The lowest BCUT2D eigenvalue weighted by molar-refractivity contribution is -0.155. The van der Waals surface area contributed by atoms with E-state index in [-0.39, 0.29) is 5.69 Å². The maximum atomic E-state index is 12.8. The second kappa shape index (κ2) is 8.61. The fraction of sp³-hybridized carbons (Fsp3) is 0.316. The maximum Gasteiger partial charge on any atom is 0.452 e. The first-order chi connectivity index (χ1) is 14.0. The van der Waals surface area contributed by atoms with E-state index >= 15 is 0 Å². The van der Waals surface area contributed by atoms with Crippen LogP contribution < -0.4 is 10.1 Å². The summed E-state index contributed by atoms with van der Waals surface area (Å²) in [7, 11) is 0. The Hall–Kier alpha value is -2.02. The molecule has 0 bridgehead atoms. The van der Waals surface area contributed by atoms with Gasteiger partial charge in [0.1, 0.15) is 11.4 Å². The van der Waals surface area contributed by atoms with Gasteiger partial charge in [0, 0.05) is 21.2 Å². The van der Waals surface area contributed by atoms with Crippen LogP contribution in [-0.2, 0) is 16.5 Å². The number of amides is 1. The molecule has 2 heterocycles. The van der Waals surface area contributed by atoms with Crippen molar-refractivity contribution in [2.75, 3.05) is 6.26 Å². The van der Waals surface area contributed by atoms with E-state index in [9.17, 15) is 18.0 Å². The molecule has 0 aliphatic carbocycles. The molecule has 0 saturated heterocycles. The monoisotopic (exact) mass is 551 g/mol. The molecule has 1 N–H and O–H groups in total. The lowest BCUT2D eigenvalue weighted by Crippen LogP contribution is -2.46. The van der Waals surface area contributed by atoms with Crippen LogP contribution in [0.2, 0.25) is 0 Å². The van der Waals surface area contributed by atoms with Gasteiger partial charge in [-0.25, -0.2) is 0 Å². The van der Waals surface area contributed by atoms with Gasteiger partial charge >= 0.3 is 6.18 Å². The number of hydrogen-bond donors (Lipinski definition) is 1. The lowest BCUT2D eigenvalue weighted by Gasteiger charge is -2.26. The number of aromatic nitrogens is 2. The number of pyridine rings is 1. The van der Waals surface area contributed by atoms with E-state index in [1.807, 2.05) is 6.07 Å². The number of benzene rings is 1. The molecule has 1 amide bonds. The maximum absolute atomic E-state index is 12.8. The summed E-state index contributed by atoms with van der Waals surface area (Å²) in [5, 5.41) is 6.98. The van der Waals surface area contributed by atoms with Crippen molar-refractivity contribution in [3.63, 3.8) is 0 Å². The van der Waals surface area contributed by atoms with Gasteiger partial charge in [0.15, 0.2) is 0 Å². The molecule has 160 valence electrons. The topological polar surface area (TPSA) is 77.2 Å². The molecule has 0 aliphatic rings. The minimum absolute atomic E-state index is 0.0469. The van der Waals surface area contributed by atoms with Crippen molar-refractivity contribution in [3.05, 3.63) is 51.6 Å². The van der Waals surface area contributed by atoms with Crippen LogP contribution in [0.25, 0.3) is 10.9 Å². The van der Waals surface area contributed by atoms with E-state index in [1.165, 1.54) is 13.8 Å². The molecular formula is C19H17F3IN3O3S. The molecule has 0 fully saturated rings. The smallest absolute Gasteiger partial charge is 0.452 e. The molecule has 0 radical (unpaired) electrons. The summed E-state index contributed by atoms with van der Waals surface area (Å²) in [6.07, 6.45) is -1.21. The second-order valence-corrected chi connectivity index (χ2v) is 9.03. The Bertz CT molecular complexity index is 1070. The van der Waals surface area contributed by atoms with E-state index in [1.54, 1.807) is 30.7 Å². The third-order valence-corrected chi connectivity index (χ3v) is 5.48. The van der Waals surface area contributed by atoms with E-state index in [2.05, 4.69) is 42.6 Å². The molecule has 11 heteroatoms. The van der Waals surface area contributed by atoms with Gasteiger partial charge in [-0.1, -0.05) is 5.16 Å². The molecule has 30 heavy (non-hydrogen) atoms. The fourth-order valence-electron chi connectivity index (χ4n) is 2.62. The Morgan fingerprint density at radius 2 is 2.00 bits per heavy atom. The molecule has 0 saturated carbocycles. The third kappa shape index (κ3) is 5.17. The standard InChI is InChI=1S/C19H17F3IN3O3S/c1-18(2,14-8-15(29-26-14)19(20,21)22)25-16(27)17(30-3)28-12-4-5-13-10(7-12)6-11(23)9-24-13/h4-9,17H,1-3H3,(H,25,27). The van der Waals surface area contributed by atoms with Crippen LogP contribution in [0.15, 0.2) is 41.1 Å². The van der Waals surface area contributed by atoms with Gasteiger partial charge in [-0.2, -0.15) is 13.2 Å². The van der Waals surface area contributed by atoms with Gasteiger partial charge < -0.3 is 14.6 Å². The first-order valence-electron chi connectivity index (χ1n) is 8.61. The van der Waals surface area contributed by atoms with Gasteiger partial charge in [0.05, 0.1) is 11.1 Å². The van der Waals surface area contributed by atoms with Crippen molar-refractivity contribution in [3.8, 4) is 5.75 Å². The fourth-order valence-corrected chi connectivity index (χ4v) is 3.58. The average Bonchev–Trinajstić information content (AvgIpc) is 3.17. The lowest BCUT2D eigenvalue weighted by atomic mass is 10.0. The summed E-state index contributed by atoms with van der Waals surface area (Å²) in [4.78, 5) is 17.1.